The number of pyridine rings is 1. The predicted octanol–water partition coefficient (Wildman–Crippen LogP) is 1.80. The number of rotatable bonds is 4. The summed E-state index contributed by atoms with van der Waals surface area (Å²) in [6, 6.07) is 3.88. The smallest absolute Gasteiger partial charge is 0.157 e. The Kier molecular flexibility index (Phi) is 2.76. The van der Waals surface area contributed by atoms with Gasteiger partial charge in [0, 0.05) is 24.5 Å². The summed E-state index contributed by atoms with van der Waals surface area (Å²) < 4.78 is 1.85. The molecule has 0 aliphatic carbocycles. The van der Waals surface area contributed by atoms with E-state index in [4.69, 9.17) is 0 Å². The van der Waals surface area contributed by atoms with Crippen molar-refractivity contribution < 1.29 is 4.79 Å². The van der Waals surface area contributed by atoms with E-state index in [1.54, 1.807) is 19.3 Å². The third-order valence-corrected chi connectivity index (χ3v) is 2.30. The summed E-state index contributed by atoms with van der Waals surface area (Å²) in [6.07, 6.45) is 4.98. The largest absolute Gasteiger partial charge is 0.300 e. The van der Waals surface area contributed by atoms with Gasteiger partial charge in [-0.15, -0.1) is 0 Å². The van der Waals surface area contributed by atoms with Crippen molar-refractivity contribution in [2.75, 3.05) is 0 Å². The summed E-state index contributed by atoms with van der Waals surface area (Å²) in [6.45, 7) is 2.36. The first-order valence-electron chi connectivity index (χ1n) is 5.03. The maximum absolute atomic E-state index is 10.8. The van der Waals surface area contributed by atoms with E-state index in [9.17, 15) is 4.79 Å². The van der Waals surface area contributed by atoms with Gasteiger partial charge in [0.1, 0.15) is 5.78 Å². The van der Waals surface area contributed by atoms with Crippen molar-refractivity contribution in [2.24, 2.45) is 0 Å². The molecule has 0 atom stereocenters. The van der Waals surface area contributed by atoms with Crippen LogP contribution in [0.4, 0.5) is 0 Å². The number of nitrogens with zero attached hydrogens (tertiary/aromatic N) is 3. The van der Waals surface area contributed by atoms with E-state index in [2.05, 4.69) is 10.1 Å². The van der Waals surface area contributed by atoms with Crippen LogP contribution in [0.25, 0.3) is 11.0 Å². The van der Waals surface area contributed by atoms with E-state index in [1.165, 1.54) is 0 Å². The molecule has 15 heavy (non-hydrogen) atoms. The molecular weight excluding hydrogens is 190 g/mol. The molecule has 0 bridgehead atoms. The fourth-order valence-corrected chi connectivity index (χ4v) is 1.55. The third-order valence-electron chi connectivity index (χ3n) is 2.30. The molecule has 2 rings (SSSR count). The van der Waals surface area contributed by atoms with Crippen molar-refractivity contribution in [3.63, 3.8) is 0 Å². The molecule has 0 fully saturated rings. The van der Waals surface area contributed by atoms with Crippen LogP contribution < -0.4 is 0 Å². The second kappa shape index (κ2) is 4.21. The first kappa shape index (κ1) is 9.83. The Labute approximate surface area is 87.9 Å². The second-order valence-electron chi connectivity index (χ2n) is 3.59. The maximum atomic E-state index is 10.8. The van der Waals surface area contributed by atoms with Gasteiger partial charge in [-0.3, -0.25) is 0 Å². The summed E-state index contributed by atoms with van der Waals surface area (Å²) in [7, 11) is 0. The molecule has 2 aromatic heterocycles. The van der Waals surface area contributed by atoms with Gasteiger partial charge in [0.15, 0.2) is 5.65 Å². The number of hydrogen-bond donors (Lipinski definition) is 0. The number of aryl methyl sites for hydroxylation is 1. The van der Waals surface area contributed by atoms with Gasteiger partial charge in [0.2, 0.25) is 0 Å². The number of aromatic nitrogens is 3. The molecule has 2 aromatic rings. The van der Waals surface area contributed by atoms with Gasteiger partial charge in [-0.2, -0.15) is 5.10 Å². The highest BCUT2D eigenvalue weighted by molar-refractivity contribution is 5.75. The molecule has 0 unspecified atom stereocenters. The molecule has 0 N–H and O–H groups in total. The fraction of sp³-hybridized carbons (Fsp3) is 0.364. The molecule has 78 valence electrons. The highest BCUT2D eigenvalue weighted by Crippen LogP contribution is 2.10. The van der Waals surface area contributed by atoms with Crippen LogP contribution in [0.5, 0.6) is 0 Å². The molecule has 4 nitrogen and oxygen atoms in total. The zero-order valence-electron chi connectivity index (χ0n) is 8.68. The van der Waals surface area contributed by atoms with Crippen molar-refractivity contribution in [3.05, 3.63) is 24.5 Å². The molecule has 0 radical (unpaired) electrons. The highest BCUT2D eigenvalue weighted by atomic mass is 16.1. The summed E-state index contributed by atoms with van der Waals surface area (Å²) in [5.74, 6) is 0.222. The Balaban J connectivity index is 2.11. The quantitative estimate of drug-likeness (QED) is 0.761. The standard InChI is InChI=1S/C11H13N3O/c1-9(15)4-3-7-14-11-10(8-13-14)5-2-6-12-11/h2,5-6,8H,3-4,7H2,1H3. The first-order valence-corrected chi connectivity index (χ1v) is 5.03. The summed E-state index contributed by atoms with van der Waals surface area (Å²) in [5.41, 5.74) is 0.890. The van der Waals surface area contributed by atoms with E-state index in [1.807, 2.05) is 16.8 Å². The van der Waals surface area contributed by atoms with Crippen LogP contribution in [0.3, 0.4) is 0 Å². The summed E-state index contributed by atoms with van der Waals surface area (Å²) in [5, 5.41) is 5.28. The van der Waals surface area contributed by atoms with Crippen molar-refractivity contribution in [3.8, 4) is 0 Å². The highest BCUT2D eigenvalue weighted by Gasteiger charge is 2.02. The van der Waals surface area contributed by atoms with Crippen LogP contribution in [0.2, 0.25) is 0 Å². The minimum absolute atomic E-state index is 0.222. The zero-order valence-corrected chi connectivity index (χ0v) is 8.68. The fourth-order valence-electron chi connectivity index (χ4n) is 1.55. The Morgan fingerprint density at radius 3 is 3.20 bits per heavy atom. The summed E-state index contributed by atoms with van der Waals surface area (Å²) >= 11 is 0. The van der Waals surface area contributed by atoms with Crippen LogP contribution in [-0.4, -0.2) is 20.5 Å². The predicted molar refractivity (Wildman–Crippen MR) is 57.4 cm³/mol. The minimum atomic E-state index is 0.222. The number of ketones is 1. The first-order chi connectivity index (χ1) is 7.27. The number of Topliss-reactive ketones (excluding diaryl/α,β-unsaturated/α-hetero) is 1. The van der Waals surface area contributed by atoms with E-state index in [-0.39, 0.29) is 5.78 Å². The van der Waals surface area contributed by atoms with Gasteiger partial charge >= 0.3 is 0 Å². The van der Waals surface area contributed by atoms with E-state index >= 15 is 0 Å². The molecule has 0 amide bonds. The average Bonchev–Trinajstić information content (AvgIpc) is 2.62. The van der Waals surface area contributed by atoms with Crippen LogP contribution in [0.1, 0.15) is 19.8 Å². The second-order valence-corrected chi connectivity index (χ2v) is 3.59. The number of carbonyl (C=O) groups is 1. The SMILES string of the molecule is CC(=O)CCCn1ncc2cccnc21. The average molecular weight is 203 g/mol. The molecule has 0 saturated heterocycles. The third kappa shape index (κ3) is 2.21. The van der Waals surface area contributed by atoms with Gasteiger partial charge in [-0.1, -0.05) is 0 Å². The van der Waals surface area contributed by atoms with Crippen molar-refractivity contribution in [2.45, 2.75) is 26.3 Å². The Morgan fingerprint density at radius 1 is 1.53 bits per heavy atom. The molecule has 0 aromatic carbocycles. The van der Waals surface area contributed by atoms with Gasteiger partial charge in [0.25, 0.3) is 0 Å². The maximum Gasteiger partial charge on any atom is 0.157 e. The lowest BCUT2D eigenvalue weighted by Crippen LogP contribution is -2.02. The van der Waals surface area contributed by atoms with Crippen LogP contribution >= 0.6 is 0 Å². The molecule has 2 heterocycles. The van der Waals surface area contributed by atoms with Crippen molar-refractivity contribution in [1.29, 1.82) is 0 Å². The number of carbonyl (C=O) groups excluding carboxylic acids is 1. The molecule has 4 heteroatoms. The summed E-state index contributed by atoms with van der Waals surface area (Å²) in [4.78, 5) is 15.0. The lowest BCUT2D eigenvalue weighted by molar-refractivity contribution is -0.117. The van der Waals surface area contributed by atoms with E-state index < -0.39 is 0 Å². The topological polar surface area (TPSA) is 47.8 Å². The molecule has 0 saturated carbocycles. The van der Waals surface area contributed by atoms with Crippen LogP contribution in [-0.2, 0) is 11.3 Å². The molecule has 0 aliphatic heterocycles. The number of hydrogen-bond acceptors (Lipinski definition) is 3. The Bertz CT molecular complexity index is 475. The molecule has 0 aliphatic rings. The minimum Gasteiger partial charge on any atom is -0.300 e. The van der Waals surface area contributed by atoms with Crippen molar-refractivity contribution in [1.82, 2.24) is 14.8 Å². The van der Waals surface area contributed by atoms with Gasteiger partial charge in [-0.25, -0.2) is 9.67 Å². The Hall–Kier alpha value is -1.71. The van der Waals surface area contributed by atoms with E-state index in [0.717, 1.165) is 24.0 Å². The normalized spacial score (nSPS) is 10.7. The Morgan fingerprint density at radius 2 is 2.40 bits per heavy atom. The monoisotopic (exact) mass is 203 g/mol. The van der Waals surface area contributed by atoms with E-state index in [0.29, 0.717) is 6.42 Å². The molecular formula is C11H13N3O. The van der Waals surface area contributed by atoms with Gasteiger partial charge < -0.3 is 4.79 Å². The van der Waals surface area contributed by atoms with Crippen LogP contribution in [0.15, 0.2) is 24.5 Å². The number of fused-ring (bicyclic) bond motifs is 1. The lowest BCUT2D eigenvalue weighted by Gasteiger charge is -2.00. The van der Waals surface area contributed by atoms with Gasteiger partial charge in [0.05, 0.1) is 6.20 Å². The van der Waals surface area contributed by atoms with Crippen LogP contribution in [0, 0.1) is 0 Å². The zero-order chi connectivity index (χ0) is 10.7. The van der Waals surface area contributed by atoms with Crippen molar-refractivity contribution >= 4 is 16.8 Å². The van der Waals surface area contributed by atoms with Gasteiger partial charge in [-0.05, 0) is 25.5 Å². The lowest BCUT2D eigenvalue weighted by atomic mass is 10.2. The molecule has 0 spiro atoms.